The molecule has 176 valence electrons. The van der Waals surface area contributed by atoms with Gasteiger partial charge in [-0.15, -0.1) is 21.5 Å². The Bertz CT molecular complexity index is 1800. The van der Waals surface area contributed by atoms with Gasteiger partial charge < -0.3 is 0 Å². The second-order valence-electron chi connectivity index (χ2n) is 9.90. The first-order valence-corrected chi connectivity index (χ1v) is 12.6. The van der Waals surface area contributed by atoms with E-state index in [4.69, 9.17) is 4.98 Å². The highest BCUT2D eigenvalue weighted by Gasteiger charge is 2.36. The molecule has 0 unspecified atom stereocenters. The molecule has 0 bridgehead atoms. The fraction of sp³-hybridized carbons (Fsp3) is 0.179. The highest BCUT2D eigenvalue weighted by atomic mass is 32.1. The predicted molar refractivity (Wildman–Crippen MR) is 143 cm³/mol. The normalized spacial score (nSPS) is 13.8. The van der Waals surface area contributed by atoms with Crippen molar-refractivity contribution in [3.05, 3.63) is 78.1 Å². The molecule has 0 N–H and O–H groups in total. The van der Waals surface area contributed by atoms with E-state index < -0.39 is 0 Å². The number of aromatic nitrogens is 7. The molecule has 3 heterocycles. The van der Waals surface area contributed by atoms with Crippen LogP contribution in [0.1, 0.15) is 25.0 Å². The summed E-state index contributed by atoms with van der Waals surface area (Å²) in [7, 11) is 3.77. The molecular weight excluding hydrogens is 466 g/mol. The number of nitrogens with zero attached hydrogens (tertiary/aromatic N) is 7. The van der Waals surface area contributed by atoms with Crippen molar-refractivity contribution < 1.29 is 0 Å². The van der Waals surface area contributed by atoms with Crippen LogP contribution >= 0.6 is 11.3 Å². The van der Waals surface area contributed by atoms with Gasteiger partial charge >= 0.3 is 0 Å². The van der Waals surface area contributed by atoms with Gasteiger partial charge in [0.15, 0.2) is 0 Å². The van der Waals surface area contributed by atoms with E-state index in [1.807, 2.05) is 26.5 Å². The number of rotatable bonds is 3. The van der Waals surface area contributed by atoms with Crippen molar-refractivity contribution in [3.8, 4) is 44.2 Å². The Morgan fingerprint density at radius 1 is 0.694 bits per heavy atom. The van der Waals surface area contributed by atoms with E-state index in [1.165, 1.54) is 22.3 Å². The van der Waals surface area contributed by atoms with Gasteiger partial charge in [-0.1, -0.05) is 54.6 Å². The molecule has 36 heavy (non-hydrogen) atoms. The summed E-state index contributed by atoms with van der Waals surface area (Å²) in [6.07, 6.45) is 3.89. The van der Waals surface area contributed by atoms with Crippen LogP contribution in [-0.4, -0.2) is 35.0 Å². The summed E-state index contributed by atoms with van der Waals surface area (Å²) < 4.78 is 4.60. The van der Waals surface area contributed by atoms with Gasteiger partial charge in [-0.2, -0.15) is 0 Å². The molecule has 7 nitrogen and oxygen atoms in total. The zero-order valence-corrected chi connectivity index (χ0v) is 21.2. The highest BCUT2D eigenvalue weighted by molar-refractivity contribution is 7.21. The Hall–Kier alpha value is -4.17. The Morgan fingerprint density at radius 2 is 1.25 bits per heavy atom. The van der Waals surface area contributed by atoms with Crippen LogP contribution in [0.3, 0.4) is 0 Å². The third-order valence-electron chi connectivity index (χ3n) is 7.11. The molecule has 0 radical (unpaired) electrons. The molecule has 0 atom stereocenters. The molecule has 0 aliphatic heterocycles. The van der Waals surface area contributed by atoms with Gasteiger partial charge in [0.1, 0.15) is 16.4 Å². The fourth-order valence-corrected chi connectivity index (χ4v) is 6.20. The Labute approximate surface area is 212 Å². The smallest absolute Gasteiger partial charge is 0.124 e. The number of benzene rings is 3. The van der Waals surface area contributed by atoms with Gasteiger partial charge in [0, 0.05) is 36.2 Å². The van der Waals surface area contributed by atoms with Gasteiger partial charge in [0.05, 0.1) is 22.6 Å². The van der Waals surface area contributed by atoms with E-state index in [0.717, 1.165) is 43.3 Å². The van der Waals surface area contributed by atoms with Crippen LogP contribution in [0.5, 0.6) is 0 Å². The van der Waals surface area contributed by atoms with Gasteiger partial charge in [-0.3, -0.25) is 9.36 Å². The number of hydrogen-bond donors (Lipinski definition) is 0. The van der Waals surface area contributed by atoms with E-state index in [0.29, 0.717) is 0 Å². The molecule has 0 fully saturated rings. The van der Waals surface area contributed by atoms with E-state index in [9.17, 15) is 0 Å². The molecular formula is C28H23N7S. The summed E-state index contributed by atoms with van der Waals surface area (Å²) in [4.78, 5) is 4.96. The molecule has 1 aliphatic rings. The summed E-state index contributed by atoms with van der Waals surface area (Å²) >= 11 is 1.71. The predicted octanol–water partition coefficient (Wildman–Crippen LogP) is 5.86. The van der Waals surface area contributed by atoms with Gasteiger partial charge in [0.2, 0.25) is 0 Å². The minimum Gasteiger partial charge on any atom is -0.255 e. The van der Waals surface area contributed by atoms with Crippen LogP contribution in [0.15, 0.2) is 67.0 Å². The molecule has 7 rings (SSSR count). The average Bonchev–Trinajstić information content (AvgIpc) is 3.65. The van der Waals surface area contributed by atoms with Crippen molar-refractivity contribution in [2.45, 2.75) is 19.3 Å². The van der Waals surface area contributed by atoms with E-state index >= 15 is 0 Å². The van der Waals surface area contributed by atoms with Crippen molar-refractivity contribution in [2.24, 2.45) is 14.1 Å². The topological polar surface area (TPSA) is 74.3 Å². The van der Waals surface area contributed by atoms with Crippen molar-refractivity contribution >= 4 is 21.6 Å². The molecule has 0 saturated heterocycles. The van der Waals surface area contributed by atoms with Crippen molar-refractivity contribution in [3.63, 3.8) is 0 Å². The van der Waals surface area contributed by atoms with Gasteiger partial charge in [-0.25, -0.2) is 4.98 Å². The summed E-state index contributed by atoms with van der Waals surface area (Å²) in [6.45, 7) is 4.60. The molecule has 3 aromatic carbocycles. The van der Waals surface area contributed by atoms with Crippen LogP contribution in [0.4, 0.5) is 0 Å². The quantitative estimate of drug-likeness (QED) is 0.311. The third kappa shape index (κ3) is 3.14. The Balaban J connectivity index is 1.29. The largest absolute Gasteiger partial charge is 0.255 e. The summed E-state index contributed by atoms with van der Waals surface area (Å²) in [5, 5.41) is 17.7. The summed E-state index contributed by atoms with van der Waals surface area (Å²) in [6, 6.07) is 19.7. The lowest BCUT2D eigenvalue weighted by Crippen LogP contribution is -2.15. The third-order valence-corrected chi connectivity index (χ3v) is 8.18. The van der Waals surface area contributed by atoms with Gasteiger partial charge in [-0.05, 0) is 46.5 Å². The lowest BCUT2D eigenvalue weighted by molar-refractivity contribution is 0.661. The summed E-state index contributed by atoms with van der Waals surface area (Å²) in [5.41, 5.74) is 11.1. The minimum atomic E-state index is -0.130. The standard InChI is InChI=1S/C28H23N7S/c1-28(2)21-11-16(24-14-34(3)32-30-24)5-8-19(21)20-9-6-18(12-22(20)28)27-29-23-10-7-17(13-26(23)36-27)25-15-35(4)33-31-25/h5-15H,1-4H3. The number of thiazole rings is 1. The molecule has 0 spiro atoms. The average molecular weight is 490 g/mol. The van der Waals surface area contributed by atoms with Crippen molar-refractivity contribution in [2.75, 3.05) is 0 Å². The van der Waals surface area contributed by atoms with Crippen LogP contribution < -0.4 is 0 Å². The molecule has 6 aromatic rings. The van der Waals surface area contributed by atoms with E-state index in [-0.39, 0.29) is 5.41 Å². The van der Waals surface area contributed by atoms with Crippen molar-refractivity contribution in [1.82, 2.24) is 35.0 Å². The first-order valence-electron chi connectivity index (χ1n) is 11.8. The molecule has 3 aromatic heterocycles. The van der Waals surface area contributed by atoms with Gasteiger partial charge in [0.25, 0.3) is 0 Å². The second kappa shape index (κ2) is 7.41. The molecule has 8 heteroatoms. The fourth-order valence-electron chi connectivity index (χ4n) is 5.20. The maximum atomic E-state index is 4.96. The maximum absolute atomic E-state index is 4.96. The second-order valence-corrected chi connectivity index (χ2v) is 10.9. The van der Waals surface area contributed by atoms with E-state index in [2.05, 4.69) is 89.1 Å². The SMILES string of the molecule is Cn1cc(-c2ccc3c(c2)C(C)(C)c2cc(-c4nc5ccc(-c6cn(C)nn6)cc5s4)ccc2-3)nn1. The number of fused-ring (bicyclic) bond motifs is 4. The molecule has 0 amide bonds. The number of aryl methyl sites for hydroxylation is 2. The lowest BCUT2D eigenvalue weighted by atomic mass is 9.81. The maximum Gasteiger partial charge on any atom is 0.124 e. The summed E-state index contributed by atoms with van der Waals surface area (Å²) in [5.74, 6) is 0. The first-order chi connectivity index (χ1) is 17.4. The van der Waals surface area contributed by atoms with Crippen LogP contribution in [0.25, 0.3) is 54.4 Å². The minimum absolute atomic E-state index is 0.130. The van der Waals surface area contributed by atoms with Crippen LogP contribution in [0.2, 0.25) is 0 Å². The van der Waals surface area contributed by atoms with Crippen LogP contribution in [0, 0.1) is 0 Å². The Kier molecular flexibility index (Phi) is 4.35. The lowest BCUT2D eigenvalue weighted by Gasteiger charge is -2.22. The first kappa shape index (κ1) is 21.1. The monoisotopic (exact) mass is 489 g/mol. The molecule has 0 saturated carbocycles. The highest BCUT2D eigenvalue weighted by Crippen LogP contribution is 2.50. The number of hydrogen-bond acceptors (Lipinski definition) is 6. The Morgan fingerprint density at radius 3 is 1.86 bits per heavy atom. The zero-order chi connectivity index (χ0) is 24.6. The molecule has 1 aliphatic carbocycles. The van der Waals surface area contributed by atoms with Crippen LogP contribution in [-0.2, 0) is 19.5 Å². The van der Waals surface area contributed by atoms with E-state index in [1.54, 1.807) is 20.7 Å². The zero-order valence-electron chi connectivity index (χ0n) is 20.4. The van der Waals surface area contributed by atoms with Crippen molar-refractivity contribution in [1.29, 1.82) is 0 Å².